The van der Waals surface area contributed by atoms with Crippen LogP contribution in [0.5, 0.6) is 0 Å². The van der Waals surface area contributed by atoms with Gasteiger partial charge in [-0.1, -0.05) is 35.6 Å². The van der Waals surface area contributed by atoms with Gasteiger partial charge in [0.2, 0.25) is 15.9 Å². The molecule has 0 radical (unpaired) electrons. The molecule has 30 heavy (non-hydrogen) atoms. The Balaban J connectivity index is 1.46. The van der Waals surface area contributed by atoms with Gasteiger partial charge in [0.25, 0.3) is 0 Å². The first-order chi connectivity index (χ1) is 14.3. The lowest BCUT2D eigenvalue weighted by atomic mass is 10.1. The first-order valence-electron chi connectivity index (χ1n) is 9.69. The molecule has 0 bridgehead atoms. The number of sulfonamides is 1. The molecule has 1 aliphatic heterocycles. The van der Waals surface area contributed by atoms with E-state index in [-0.39, 0.29) is 28.8 Å². The fourth-order valence-corrected chi connectivity index (χ4v) is 6.13. The van der Waals surface area contributed by atoms with Crippen molar-refractivity contribution in [3.05, 3.63) is 63.3 Å². The lowest BCUT2D eigenvalue weighted by Crippen LogP contribution is -2.50. The van der Waals surface area contributed by atoms with Crippen molar-refractivity contribution in [3.63, 3.8) is 0 Å². The molecule has 1 saturated heterocycles. The van der Waals surface area contributed by atoms with Gasteiger partial charge in [-0.05, 0) is 36.2 Å². The average Bonchev–Trinajstić information content (AvgIpc) is 3.03. The Bertz CT molecular complexity index is 1270. The monoisotopic (exact) mass is 445 g/mol. The van der Waals surface area contributed by atoms with Crippen molar-refractivity contribution in [2.24, 2.45) is 7.05 Å². The number of amides is 1. The number of nitrogens with zero attached hydrogens (tertiary/aromatic N) is 3. The van der Waals surface area contributed by atoms with Crippen LogP contribution in [0.15, 0.2) is 52.2 Å². The number of carbonyl (C=O) groups is 1. The van der Waals surface area contributed by atoms with Gasteiger partial charge in [-0.15, -0.1) is 0 Å². The normalized spacial score (nSPS) is 15.6. The van der Waals surface area contributed by atoms with Gasteiger partial charge in [0.05, 0.1) is 21.5 Å². The first kappa shape index (κ1) is 20.8. The van der Waals surface area contributed by atoms with Crippen molar-refractivity contribution in [1.82, 2.24) is 13.8 Å². The molecule has 0 N–H and O–H groups in total. The predicted molar refractivity (Wildman–Crippen MR) is 117 cm³/mol. The van der Waals surface area contributed by atoms with Crippen LogP contribution in [0.25, 0.3) is 10.2 Å². The molecule has 0 atom stereocenters. The molecule has 0 aliphatic carbocycles. The summed E-state index contributed by atoms with van der Waals surface area (Å²) in [6.45, 7) is 3.22. The minimum atomic E-state index is -3.68. The summed E-state index contributed by atoms with van der Waals surface area (Å²) in [4.78, 5) is 26.3. The third-order valence-corrected chi connectivity index (χ3v) is 8.49. The summed E-state index contributed by atoms with van der Waals surface area (Å²) in [5.41, 5.74) is 2.79. The van der Waals surface area contributed by atoms with Crippen molar-refractivity contribution in [3.8, 4) is 0 Å². The van der Waals surface area contributed by atoms with E-state index in [4.69, 9.17) is 0 Å². The van der Waals surface area contributed by atoms with Crippen LogP contribution in [-0.4, -0.2) is 54.3 Å². The number of carbonyl (C=O) groups excluding carboxylic acids is 1. The van der Waals surface area contributed by atoms with Gasteiger partial charge in [0.15, 0.2) is 0 Å². The summed E-state index contributed by atoms with van der Waals surface area (Å²) in [6, 6.07) is 12.6. The Morgan fingerprint density at radius 1 is 1.07 bits per heavy atom. The summed E-state index contributed by atoms with van der Waals surface area (Å²) in [7, 11) is -2.01. The largest absolute Gasteiger partial charge is 0.340 e. The van der Waals surface area contributed by atoms with Crippen molar-refractivity contribution >= 4 is 37.5 Å². The van der Waals surface area contributed by atoms with Gasteiger partial charge >= 0.3 is 4.87 Å². The van der Waals surface area contributed by atoms with Crippen LogP contribution in [0.2, 0.25) is 0 Å². The highest BCUT2D eigenvalue weighted by molar-refractivity contribution is 7.89. The molecule has 9 heteroatoms. The van der Waals surface area contributed by atoms with Crippen molar-refractivity contribution in [2.45, 2.75) is 18.2 Å². The Kier molecular flexibility index (Phi) is 5.52. The van der Waals surface area contributed by atoms with Gasteiger partial charge in [-0.25, -0.2) is 8.42 Å². The molecule has 158 valence electrons. The third kappa shape index (κ3) is 3.80. The third-order valence-electron chi connectivity index (χ3n) is 5.60. The molecule has 3 aromatic rings. The molecule has 2 aromatic carbocycles. The molecule has 7 nitrogen and oxygen atoms in total. The van der Waals surface area contributed by atoms with Crippen molar-refractivity contribution in [2.75, 3.05) is 26.2 Å². The number of piperazine rings is 1. The molecular weight excluding hydrogens is 422 g/mol. The molecule has 0 unspecified atom stereocenters. The van der Waals surface area contributed by atoms with Crippen molar-refractivity contribution < 1.29 is 13.2 Å². The molecule has 0 spiro atoms. The van der Waals surface area contributed by atoms with E-state index >= 15 is 0 Å². The maximum absolute atomic E-state index is 13.1. The van der Waals surface area contributed by atoms with E-state index < -0.39 is 10.0 Å². The average molecular weight is 446 g/mol. The highest BCUT2D eigenvalue weighted by Gasteiger charge is 2.30. The predicted octanol–water partition coefficient (Wildman–Crippen LogP) is 1.98. The van der Waals surface area contributed by atoms with E-state index in [2.05, 4.69) is 0 Å². The molecule has 1 amide bonds. The fraction of sp³-hybridized carbons (Fsp3) is 0.333. The number of thiazole rings is 1. The lowest BCUT2D eigenvalue weighted by Gasteiger charge is -2.34. The molecule has 0 saturated carbocycles. The van der Waals surface area contributed by atoms with E-state index in [1.165, 1.54) is 8.87 Å². The lowest BCUT2D eigenvalue weighted by molar-refractivity contribution is -0.131. The number of hydrogen-bond donors (Lipinski definition) is 0. The van der Waals surface area contributed by atoms with Gasteiger partial charge in [0.1, 0.15) is 0 Å². The Hall–Kier alpha value is -2.49. The summed E-state index contributed by atoms with van der Waals surface area (Å²) in [6.07, 6.45) is 0.322. The maximum atomic E-state index is 13.1. The van der Waals surface area contributed by atoms with Crippen LogP contribution in [0.3, 0.4) is 0 Å². The van der Waals surface area contributed by atoms with Crippen LogP contribution in [0, 0.1) is 6.92 Å². The van der Waals surface area contributed by atoms with Crippen LogP contribution in [-0.2, 0) is 28.3 Å². The van der Waals surface area contributed by atoms with Gasteiger partial charge in [-0.2, -0.15) is 4.31 Å². The number of rotatable bonds is 4. The highest BCUT2D eigenvalue weighted by Crippen LogP contribution is 2.24. The Morgan fingerprint density at radius 3 is 2.47 bits per heavy atom. The zero-order chi connectivity index (χ0) is 21.5. The van der Waals surface area contributed by atoms with E-state index in [0.29, 0.717) is 24.2 Å². The van der Waals surface area contributed by atoms with E-state index in [1.54, 1.807) is 30.1 Å². The number of benzene rings is 2. The molecule has 1 aromatic heterocycles. The molecule has 1 fully saturated rings. The van der Waals surface area contributed by atoms with Crippen LogP contribution in [0.4, 0.5) is 0 Å². The SMILES string of the molecule is Cc1ccccc1CC(=O)N1CCN(S(=O)(=O)c2ccc3c(c2)sc(=O)n3C)CC1. The topological polar surface area (TPSA) is 79.7 Å². The summed E-state index contributed by atoms with van der Waals surface area (Å²) in [5.74, 6) is 0.0110. The second-order valence-electron chi connectivity index (χ2n) is 7.44. The van der Waals surface area contributed by atoms with E-state index in [0.717, 1.165) is 28.0 Å². The van der Waals surface area contributed by atoms with Gasteiger partial charge < -0.3 is 9.47 Å². The fourth-order valence-electron chi connectivity index (χ4n) is 3.68. The number of aromatic nitrogens is 1. The summed E-state index contributed by atoms with van der Waals surface area (Å²) in [5, 5.41) is 0. The van der Waals surface area contributed by atoms with E-state index in [9.17, 15) is 18.0 Å². The van der Waals surface area contributed by atoms with E-state index in [1.807, 2.05) is 31.2 Å². The standard InChI is InChI=1S/C21H23N3O4S2/c1-15-5-3-4-6-16(15)13-20(25)23-9-11-24(12-10-23)30(27,28)17-7-8-18-19(14-17)29-21(26)22(18)2/h3-8,14H,9-13H2,1-2H3. The number of aryl methyl sites for hydroxylation is 2. The van der Waals surface area contributed by atoms with Crippen LogP contribution in [0.1, 0.15) is 11.1 Å². The van der Waals surface area contributed by atoms with Gasteiger partial charge in [0, 0.05) is 33.2 Å². The van der Waals surface area contributed by atoms with Crippen molar-refractivity contribution in [1.29, 1.82) is 0 Å². The minimum absolute atomic E-state index is 0.0110. The van der Waals surface area contributed by atoms with Crippen LogP contribution >= 0.6 is 11.3 Å². The molecule has 4 rings (SSSR count). The molecular formula is C21H23N3O4S2. The molecule has 1 aliphatic rings. The summed E-state index contributed by atoms with van der Waals surface area (Å²) >= 11 is 1.03. The zero-order valence-electron chi connectivity index (χ0n) is 16.9. The maximum Gasteiger partial charge on any atom is 0.307 e. The smallest absolute Gasteiger partial charge is 0.307 e. The highest BCUT2D eigenvalue weighted by atomic mass is 32.2. The van der Waals surface area contributed by atoms with Gasteiger partial charge in [-0.3, -0.25) is 9.59 Å². The Labute approximate surface area is 179 Å². The zero-order valence-corrected chi connectivity index (χ0v) is 18.5. The summed E-state index contributed by atoms with van der Waals surface area (Å²) < 4.78 is 29.7. The Morgan fingerprint density at radius 2 is 1.77 bits per heavy atom. The quantitative estimate of drug-likeness (QED) is 0.615. The van der Waals surface area contributed by atoms with Crippen LogP contribution < -0.4 is 4.87 Å². The number of fused-ring (bicyclic) bond motifs is 1. The molecule has 2 heterocycles. The first-order valence-corrected chi connectivity index (χ1v) is 11.9. The second kappa shape index (κ2) is 7.98. The number of hydrogen-bond acceptors (Lipinski definition) is 5. The minimum Gasteiger partial charge on any atom is -0.340 e. The second-order valence-corrected chi connectivity index (χ2v) is 10.4.